The van der Waals surface area contributed by atoms with Crippen molar-refractivity contribution in [3.63, 3.8) is 0 Å². The highest BCUT2D eigenvalue weighted by Crippen LogP contribution is 2.29. The Labute approximate surface area is 249 Å². The molecule has 0 radical (unpaired) electrons. The Morgan fingerprint density at radius 1 is 1.24 bits per heavy atom. The van der Waals surface area contributed by atoms with Gasteiger partial charge >= 0.3 is 0 Å². The molecule has 5 aromatic rings. The third-order valence-corrected chi connectivity index (χ3v) is 9.21. The maximum atomic E-state index is 13.4. The van der Waals surface area contributed by atoms with Gasteiger partial charge in [0.25, 0.3) is 5.91 Å². The maximum absolute atomic E-state index is 13.4. The minimum absolute atomic E-state index is 0.235. The summed E-state index contributed by atoms with van der Waals surface area (Å²) in [7, 11) is 2.18. The summed E-state index contributed by atoms with van der Waals surface area (Å²) in [4.78, 5) is 27.5. The van der Waals surface area contributed by atoms with E-state index in [1.165, 1.54) is 0 Å². The number of nitrogens with one attached hydrogen (secondary N) is 1. The molecule has 0 aliphatic carbocycles. The van der Waals surface area contributed by atoms with Gasteiger partial charge in [-0.15, -0.1) is 11.3 Å². The molecule has 11 heteroatoms. The number of amides is 1. The van der Waals surface area contributed by atoms with Gasteiger partial charge in [-0.05, 0) is 39.1 Å². The number of hydrogen-bond acceptors (Lipinski definition) is 8. The number of carbonyl (C=O) groups is 1. The van der Waals surface area contributed by atoms with E-state index in [1.54, 1.807) is 21.9 Å². The monoisotopic (exact) mass is 586 g/mol. The summed E-state index contributed by atoms with van der Waals surface area (Å²) in [5.41, 5.74) is 4.63. The van der Waals surface area contributed by atoms with Crippen molar-refractivity contribution in [2.45, 2.75) is 46.2 Å². The van der Waals surface area contributed by atoms with Crippen LogP contribution in [0.25, 0.3) is 16.6 Å². The predicted octanol–water partition coefficient (Wildman–Crippen LogP) is 4.89. The number of fused-ring (bicyclic) bond motifs is 2. The Balaban J connectivity index is 1.14. The topological polar surface area (TPSA) is 92.8 Å². The quantitative estimate of drug-likeness (QED) is 0.263. The third kappa shape index (κ3) is 5.77. The second-order valence-corrected chi connectivity index (χ2v) is 12.3. The summed E-state index contributed by atoms with van der Waals surface area (Å²) in [6, 6.07) is 10.2. The molecule has 10 nitrogen and oxygen atoms in total. The smallest absolute Gasteiger partial charge is 0.274 e. The van der Waals surface area contributed by atoms with Crippen LogP contribution < -0.4 is 10.1 Å². The molecule has 1 aromatic carbocycles. The molecule has 0 bridgehead atoms. The van der Waals surface area contributed by atoms with Crippen molar-refractivity contribution < 1.29 is 9.53 Å². The third-order valence-electron chi connectivity index (χ3n) is 8.01. The summed E-state index contributed by atoms with van der Waals surface area (Å²) in [6.07, 6.45) is 3.44. The van der Waals surface area contributed by atoms with Crippen LogP contribution in [0.2, 0.25) is 0 Å². The first-order chi connectivity index (χ1) is 20.3. The summed E-state index contributed by atoms with van der Waals surface area (Å²) in [5, 5.41) is 12.0. The number of nitrogens with zero attached hydrogens (tertiary/aromatic N) is 7. The molecular weight excluding hydrogens is 548 g/mol. The molecule has 1 saturated heterocycles. The molecule has 1 N–H and O–H groups in total. The molecule has 0 unspecified atom stereocenters. The molecule has 1 fully saturated rings. The van der Waals surface area contributed by atoms with E-state index in [0.717, 1.165) is 64.9 Å². The molecule has 1 amide bonds. The highest BCUT2D eigenvalue weighted by atomic mass is 32.1. The van der Waals surface area contributed by atoms with Crippen molar-refractivity contribution >= 4 is 39.5 Å². The van der Waals surface area contributed by atoms with Gasteiger partial charge in [0, 0.05) is 61.2 Å². The molecule has 42 heavy (non-hydrogen) atoms. The van der Waals surface area contributed by atoms with Crippen LogP contribution in [0.5, 0.6) is 5.75 Å². The SMILES string of the molecule is Cc1nn(Cc2csc(C(C)C)n2)c2cccc(NC(=O)c3cnc4cc(OCCN5CCN(C)[C@@H](C)C5)ccn34)c12. The summed E-state index contributed by atoms with van der Waals surface area (Å²) in [6.45, 7) is 13.8. The Morgan fingerprint density at radius 3 is 2.88 bits per heavy atom. The first kappa shape index (κ1) is 28.3. The van der Waals surface area contributed by atoms with Crippen LogP contribution in [0.4, 0.5) is 5.69 Å². The summed E-state index contributed by atoms with van der Waals surface area (Å²) < 4.78 is 9.79. The minimum Gasteiger partial charge on any atom is -0.492 e. The number of anilines is 1. The number of ether oxygens (including phenoxy) is 1. The standard InChI is InChI=1S/C31H38N8O2S/c1-20(2)31-33-23(19-42-31)18-39-26-8-6-7-25(29(26)22(4)35-39)34-30(40)27-16-32-28-15-24(9-10-38(27)28)41-14-13-37-12-11-36(5)21(3)17-37/h6-10,15-16,19-21H,11-14,17-18H2,1-5H3,(H,34,40)/t21-/m0/s1. The molecular formula is C31H38N8O2S. The van der Waals surface area contributed by atoms with Crippen molar-refractivity contribution in [2.24, 2.45) is 0 Å². The van der Waals surface area contributed by atoms with Crippen molar-refractivity contribution in [1.82, 2.24) is 33.9 Å². The lowest BCUT2D eigenvalue weighted by molar-refractivity contribution is 0.0928. The molecule has 220 valence electrons. The van der Waals surface area contributed by atoms with Crippen molar-refractivity contribution in [1.29, 1.82) is 0 Å². The van der Waals surface area contributed by atoms with Crippen LogP contribution in [-0.4, -0.2) is 85.7 Å². The highest BCUT2D eigenvalue weighted by Gasteiger charge is 2.21. The lowest BCUT2D eigenvalue weighted by Gasteiger charge is -2.37. The molecule has 1 atom stereocenters. The molecule has 0 saturated carbocycles. The molecule has 6 rings (SSSR count). The lowest BCUT2D eigenvalue weighted by atomic mass is 10.1. The predicted molar refractivity (Wildman–Crippen MR) is 167 cm³/mol. The van der Waals surface area contributed by atoms with Gasteiger partial charge in [-0.25, -0.2) is 9.97 Å². The van der Waals surface area contributed by atoms with Crippen LogP contribution in [0.3, 0.4) is 0 Å². The average Bonchev–Trinajstić information content (AvgIpc) is 3.69. The van der Waals surface area contributed by atoms with Crippen molar-refractivity contribution in [2.75, 3.05) is 45.2 Å². The first-order valence-electron chi connectivity index (χ1n) is 14.5. The number of piperazine rings is 1. The first-order valence-corrected chi connectivity index (χ1v) is 15.4. The van der Waals surface area contributed by atoms with E-state index in [-0.39, 0.29) is 5.91 Å². The lowest BCUT2D eigenvalue weighted by Crippen LogP contribution is -2.50. The van der Waals surface area contributed by atoms with Crippen LogP contribution in [0, 0.1) is 6.92 Å². The fraction of sp³-hybridized carbons (Fsp3) is 0.419. The molecule has 0 spiro atoms. The number of hydrogen-bond donors (Lipinski definition) is 1. The zero-order valence-corrected chi connectivity index (χ0v) is 25.7. The van der Waals surface area contributed by atoms with Crippen LogP contribution in [0.15, 0.2) is 48.1 Å². The number of likely N-dealkylation sites (N-methyl/N-ethyl adjacent to an activating group) is 1. The van der Waals surface area contributed by atoms with Crippen LogP contribution in [0.1, 0.15) is 53.6 Å². The Morgan fingerprint density at radius 2 is 2.10 bits per heavy atom. The van der Waals surface area contributed by atoms with Crippen LogP contribution in [-0.2, 0) is 6.54 Å². The van der Waals surface area contributed by atoms with E-state index < -0.39 is 0 Å². The van der Waals surface area contributed by atoms with Gasteiger partial charge in [0.2, 0.25) is 0 Å². The van der Waals surface area contributed by atoms with Gasteiger partial charge in [-0.2, -0.15) is 5.10 Å². The largest absolute Gasteiger partial charge is 0.492 e. The zero-order chi connectivity index (χ0) is 29.4. The minimum atomic E-state index is -0.235. The van der Waals surface area contributed by atoms with Crippen molar-refractivity contribution in [3.05, 3.63) is 70.2 Å². The van der Waals surface area contributed by atoms with Gasteiger partial charge in [-0.1, -0.05) is 19.9 Å². The summed E-state index contributed by atoms with van der Waals surface area (Å²) >= 11 is 1.68. The van der Waals surface area contributed by atoms with E-state index in [1.807, 2.05) is 48.1 Å². The number of aromatic nitrogens is 5. The van der Waals surface area contributed by atoms with E-state index in [4.69, 9.17) is 14.8 Å². The Kier molecular flexibility index (Phi) is 7.98. The second kappa shape index (κ2) is 11.8. The fourth-order valence-electron chi connectivity index (χ4n) is 5.48. The molecule has 1 aliphatic rings. The normalized spacial score (nSPS) is 16.6. The van der Waals surface area contributed by atoms with E-state index in [0.29, 0.717) is 36.5 Å². The Hall–Kier alpha value is -3.80. The van der Waals surface area contributed by atoms with Gasteiger partial charge in [0.05, 0.1) is 40.3 Å². The highest BCUT2D eigenvalue weighted by molar-refractivity contribution is 7.09. The van der Waals surface area contributed by atoms with Gasteiger partial charge in [-0.3, -0.25) is 18.8 Å². The van der Waals surface area contributed by atoms with E-state index >= 15 is 0 Å². The molecule has 5 heterocycles. The number of carbonyl (C=O) groups excluding carboxylic acids is 1. The van der Waals surface area contributed by atoms with Gasteiger partial charge in [0.1, 0.15) is 23.7 Å². The number of imidazole rings is 1. The number of aryl methyl sites for hydroxylation is 1. The zero-order valence-electron chi connectivity index (χ0n) is 24.9. The van der Waals surface area contributed by atoms with Crippen molar-refractivity contribution in [3.8, 4) is 5.75 Å². The molecule has 1 aliphatic heterocycles. The average molecular weight is 587 g/mol. The number of rotatable bonds is 9. The van der Waals surface area contributed by atoms with Crippen LogP contribution >= 0.6 is 11.3 Å². The number of benzene rings is 1. The van der Waals surface area contributed by atoms with Gasteiger partial charge in [0.15, 0.2) is 0 Å². The fourth-order valence-corrected chi connectivity index (χ4v) is 6.31. The second-order valence-electron chi connectivity index (χ2n) is 11.4. The van der Waals surface area contributed by atoms with Gasteiger partial charge < -0.3 is 15.0 Å². The number of pyridine rings is 1. The maximum Gasteiger partial charge on any atom is 0.274 e. The summed E-state index contributed by atoms with van der Waals surface area (Å²) in [5.74, 6) is 0.910. The Bertz CT molecular complexity index is 1720. The van der Waals surface area contributed by atoms with E-state index in [9.17, 15) is 4.79 Å². The number of thiazole rings is 1. The molecule has 4 aromatic heterocycles. The van der Waals surface area contributed by atoms with E-state index in [2.05, 4.69) is 53.3 Å².